The van der Waals surface area contributed by atoms with Crippen LogP contribution < -0.4 is 9.47 Å². The number of hydrogen-bond acceptors (Lipinski definition) is 4. The van der Waals surface area contributed by atoms with Gasteiger partial charge in [-0.2, -0.15) is 0 Å². The first kappa shape index (κ1) is 18.4. The Morgan fingerprint density at radius 1 is 1.18 bits per heavy atom. The fourth-order valence-electron chi connectivity index (χ4n) is 3.79. The zero-order chi connectivity index (χ0) is 19.5. The molecule has 5 heteroatoms. The molecule has 1 unspecified atom stereocenters. The number of rotatable bonds is 5. The average molecular weight is 379 g/mol. The molecule has 0 N–H and O–H groups in total. The van der Waals surface area contributed by atoms with Gasteiger partial charge in [-0.15, -0.1) is 0 Å². The fraction of sp³-hybridized carbons (Fsp3) is 0.348. The number of fused-ring (bicyclic) bond motifs is 1. The van der Waals surface area contributed by atoms with Gasteiger partial charge in [0.25, 0.3) is 5.91 Å². The van der Waals surface area contributed by atoms with Crippen molar-refractivity contribution in [2.24, 2.45) is 5.92 Å². The van der Waals surface area contributed by atoms with E-state index in [1.807, 2.05) is 60.4 Å². The molecule has 1 saturated heterocycles. The number of para-hydroxylation sites is 1. The predicted molar refractivity (Wildman–Crippen MR) is 108 cm³/mol. The third-order valence-corrected chi connectivity index (χ3v) is 5.37. The normalized spacial score (nSPS) is 16.9. The number of hydrogen-bond donors (Lipinski definition) is 0. The largest absolute Gasteiger partial charge is 0.497 e. The maximum atomic E-state index is 13.1. The highest BCUT2D eigenvalue weighted by Gasteiger charge is 2.28. The molecule has 0 aliphatic carbocycles. The summed E-state index contributed by atoms with van der Waals surface area (Å²) >= 11 is 0. The molecule has 0 saturated carbocycles. The van der Waals surface area contributed by atoms with Gasteiger partial charge in [0, 0.05) is 30.0 Å². The number of ether oxygens (including phenoxy) is 2. The molecule has 5 nitrogen and oxygen atoms in total. The molecular weight excluding hydrogens is 354 g/mol. The number of furan rings is 1. The summed E-state index contributed by atoms with van der Waals surface area (Å²) in [5.74, 6) is 2.33. The minimum atomic E-state index is -0.0444. The molecule has 146 valence electrons. The minimum Gasteiger partial charge on any atom is -0.497 e. The van der Waals surface area contributed by atoms with Gasteiger partial charge >= 0.3 is 0 Å². The highest BCUT2D eigenvalue weighted by atomic mass is 16.5. The molecule has 1 aliphatic rings. The second-order valence-electron chi connectivity index (χ2n) is 7.30. The quantitative estimate of drug-likeness (QED) is 0.646. The molecule has 2 heterocycles. The van der Waals surface area contributed by atoms with E-state index in [1.54, 1.807) is 7.11 Å². The van der Waals surface area contributed by atoms with Crippen LogP contribution in [0.1, 0.15) is 29.0 Å². The molecule has 28 heavy (non-hydrogen) atoms. The summed E-state index contributed by atoms with van der Waals surface area (Å²) in [6.07, 6.45) is 2.04. The van der Waals surface area contributed by atoms with Gasteiger partial charge in [0.1, 0.15) is 17.1 Å². The van der Waals surface area contributed by atoms with Crippen molar-refractivity contribution in [3.63, 3.8) is 0 Å². The van der Waals surface area contributed by atoms with E-state index in [-0.39, 0.29) is 5.91 Å². The number of benzene rings is 2. The lowest BCUT2D eigenvalue weighted by Crippen LogP contribution is -2.41. The van der Waals surface area contributed by atoms with Crippen LogP contribution in [0, 0.1) is 12.8 Å². The van der Waals surface area contributed by atoms with Crippen LogP contribution in [0.3, 0.4) is 0 Å². The Balaban J connectivity index is 1.47. The lowest BCUT2D eigenvalue weighted by molar-refractivity contribution is 0.0603. The number of likely N-dealkylation sites (tertiary alicyclic amines) is 1. The summed E-state index contributed by atoms with van der Waals surface area (Å²) in [7, 11) is 1.63. The van der Waals surface area contributed by atoms with Crippen molar-refractivity contribution >= 4 is 16.9 Å². The summed E-state index contributed by atoms with van der Waals surface area (Å²) in [6, 6.07) is 15.4. The molecule has 1 aliphatic heterocycles. The standard InChI is InChI=1S/C23H25NO4/c1-16-20-13-19(26-2)10-11-21(20)28-22(16)23(25)24-12-6-7-17(14-24)15-27-18-8-4-3-5-9-18/h3-5,8-11,13,17H,6-7,12,14-15H2,1-2H3. The Morgan fingerprint density at radius 2 is 2.00 bits per heavy atom. The number of methoxy groups -OCH3 is 1. The van der Waals surface area contributed by atoms with Crippen LogP contribution in [0.4, 0.5) is 0 Å². The van der Waals surface area contributed by atoms with Gasteiger partial charge < -0.3 is 18.8 Å². The summed E-state index contributed by atoms with van der Waals surface area (Å²) < 4.78 is 17.1. The first-order valence-electron chi connectivity index (χ1n) is 9.70. The van der Waals surface area contributed by atoms with Gasteiger partial charge in [0.05, 0.1) is 13.7 Å². The summed E-state index contributed by atoms with van der Waals surface area (Å²) in [4.78, 5) is 15.0. The third-order valence-electron chi connectivity index (χ3n) is 5.37. The van der Waals surface area contributed by atoms with E-state index in [1.165, 1.54) is 0 Å². The highest BCUT2D eigenvalue weighted by Crippen LogP contribution is 2.30. The smallest absolute Gasteiger partial charge is 0.289 e. The number of amides is 1. The molecule has 3 aromatic rings. The molecule has 1 fully saturated rings. The molecule has 1 atom stereocenters. The molecule has 1 amide bonds. The van der Waals surface area contributed by atoms with Gasteiger partial charge in [0.2, 0.25) is 0 Å². The average Bonchev–Trinajstić information content (AvgIpc) is 3.08. The zero-order valence-electron chi connectivity index (χ0n) is 16.3. The lowest BCUT2D eigenvalue weighted by Gasteiger charge is -2.32. The Labute approximate surface area is 164 Å². The van der Waals surface area contributed by atoms with Crippen LogP contribution in [-0.4, -0.2) is 37.6 Å². The van der Waals surface area contributed by atoms with Crippen molar-refractivity contribution in [3.8, 4) is 11.5 Å². The number of aryl methyl sites for hydroxylation is 1. The van der Waals surface area contributed by atoms with E-state index in [0.717, 1.165) is 41.8 Å². The highest BCUT2D eigenvalue weighted by molar-refractivity contribution is 5.99. The fourth-order valence-corrected chi connectivity index (χ4v) is 3.79. The van der Waals surface area contributed by atoms with Crippen molar-refractivity contribution in [3.05, 3.63) is 59.9 Å². The van der Waals surface area contributed by atoms with Crippen molar-refractivity contribution in [2.75, 3.05) is 26.8 Å². The van der Waals surface area contributed by atoms with Gasteiger partial charge in [-0.25, -0.2) is 0 Å². The van der Waals surface area contributed by atoms with E-state index >= 15 is 0 Å². The molecular formula is C23H25NO4. The zero-order valence-corrected chi connectivity index (χ0v) is 16.3. The van der Waals surface area contributed by atoms with Crippen LogP contribution in [0.25, 0.3) is 11.0 Å². The van der Waals surface area contributed by atoms with E-state index in [4.69, 9.17) is 13.9 Å². The van der Waals surface area contributed by atoms with Gasteiger partial charge in [-0.1, -0.05) is 18.2 Å². The Morgan fingerprint density at radius 3 is 2.79 bits per heavy atom. The minimum absolute atomic E-state index is 0.0444. The van der Waals surface area contributed by atoms with Gasteiger partial charge in [-0.3, -0.25) is 4.79 Å². The van der Waals surface area contributed by atoms with Crippen molar-refractivity contribution in [1.29, 1.82) is 0 Å². The van der Waals surface area contributed by atoms with Gasteiger partial charge in [0.15, 0.2) is 5.76 Å². The van der Waals surface area contributed by atoms with E-state index in [2.05, 4.69) is 0 Å². The van der Waals surface area contributed by atoms with E-state index in [0.29, 0.717) is 30.4 Å². The predicted octanol–water partition coefficient (Wildman–Crippen LogP) is 4.68. The van der Waals surface area contributed by atoms with Crippen LogP contribution in [0.15, 0.2) is 52.9 Å². The Bertz CT molecular complexity index is 963. The van der Waals surface area contributed by atoms with E-state index < -0.39 is 0 Å². The maximum Gasteiger partial charge on any atom is 0.289 e. The van der Waals surface area contributed by atoms with Crippen LogP contribution in [0.5, 0.6) is 11.5 Å². The number of carbonyl (C=O) groups excluding carboxylic acids is 1. The van der Waals surface area contributed by atoms with Crippen molar-refractivity contribution in [2.45, 2.75) is 19.8 Å². The molecule has 0 bridgehead atoms. The summed E-state index contributed by atoms with van der Waals surface area (Å²) in [6.45, 7) is 3.98. The molecule has 4 rings (SSSR count). The lowest BCUT2D eigenvalue weighted by atomic mass is 9.98. The second kappa shape index (κ2) is 7.97. The van der Waals surface area contributed by atoms with Crippen molar-refractivity contribution < 1.29 is 18.7 Å². The van der Waals surface area contributed by atoms with E-state index in [9.17, 15) is 4.79 Å². The van der Waals surface area contributed by atoms with Gasteiger partial charge in [-0.05, 0) is 50.1 Å². The van der Waals surface area contributed by atoms with Crippen LogP contribution in [0.2, 0.25) is 0 Å². The van der Waals surface area contributed by atoms with Crippen LogP contribution >= 0.6 is 0 Å². The SMILES string of the molecule is COc1ccc2oc(C(=O)N3CCCC(COc4ccccc4)C3)c(C)c2c1. The second-order valence-corrected chi connectivity index (χ2v) is 7.30. The first-order valence-corrected chi connectivity index (χ1v) is 9.70. The Hall–Kier alpha value is -2.95. The Kier molecular flexibility index (Phi) is 5.24. The molecule has 2 aromatic carbocycles. The summed E-state index contributed by atoms with van der Waals surface area (Å²) in [5.41, 5.74) is 1.57. The topological polar surface area (TPSA) is 51.9 Å². The number of nitrogens with zero attached hydrogens (tertiary/aromatic N) is 1. The molecule has 0 spiro atoms. The molecule has 1 aromatic heterocycles. The van der Waals surface area contributed by atoms with Crippen molar-refractivity contribution in [1.82, 2.24) is 4.90 Å². The summed E-state index contributed by atoms with van der Waals surface area (Å²) in [5, 5.41) is 0.920. The van der Waals surface area contributed by atoms with Crippen LogP contribution in [-0.2, 0) is 0 Å². The number of piperidine rings is 1. The molecule has 0 radical (unpaired) electrons. The maximum absolute atomic E-state index is 13.1. The monoisotopic (exact) mass is 379 g/mol. The number of carbonyl (C=O) groups is 1. The first-order chi connectivity index (χ1) is 13.7. The third kappa shape index (κ3) is 3.70.